The summed E-state index contributed by atoms with van der Waals surface area (Å²) in [4.78, 5) is 17.5. The fourth-order valence-corrected chi connectivity index (χ4v) is 5.49. The molecule has 2 aromatic rings. The second-order valence-electron chi connectivity index (χ2n) is 7.73. The third-order valence-electron chi connectivity index (χ3n) is 4.98. The topological polar surface area (TPSA) is 131 Å². The number of carbonyl (C=O) groups excluding carboxylic acids is 1. The van der Waals surface area contributed by atoms with Gasteiger partial charge in [0, 0.05) is 6.26 Å². The molecule has 188 valence electrons. The van der Waals surface area contributed by atoms with Crippen molar-refractivity contribution in [2.75, 3.05) is 26.6 Å². The Labute approximate surface area is 217 Å². The number of benzene rings is 2. The number of halogens is 1. The number of fused-ring (bicyclic) bond motifs is 1. The summed E-state index contributed by atoms with van der Waals surface area (Å²) >= 11 is 7.16. The molecule has 0 fully saturated rings. The predicted octanol–water partition coefficient (Wildman–Crippen LogP) is 3.74. The molecule has 0 aliphatic carbocycles. The number of amides is 1. The minimum Gasteiger partial charge on any atom is -0.493 e. The second kappa shape index (κ2) is 10.3. The Bertz CT molecular complexity index is 1450. The smallest absolute Gasteiger partial charge is 0.283 e. The lowest BCUT2D eigenvalue weighted by molar-refractivity contribution is -0.114. The molecule has 0 bridgehead atoms. The maximum atomic E-state index is 12.6. The zero-order chi connectivity index (χ0) is 26.0. The number of nitrogens with one attached hydrogen (secondary N) is 1. The number of sulfone groups is 1. The molecule has 0 unspecified atom stereocenters. The molecule has 10 nitrogen and oxygen atoms in total. The Morgan fingerprint density at radius 1 is 1.19 bits per heavy atom. The Hall–Kier alpha value is -3.35. The van der Waals surface area contributed by atoms with E-state index in [9.17, 15) is 13.2 Å². The number of amidine groups is 3. The molecule has 2 aromatic carbocycles. The molecule has 0 atom stereocenters. The van der Waals surface area contributed by atoms with Crippen LogP contribution in [0.5, 0.6) is 17.2 Å². The number of ether oxygens (including phenoxy) is 3. The van der Waals surface area contributed by atoms with E-state index in [0.717, 1.165) is 34.4 Å². The number of nitrogens with zero attached hydrogens (tertiary/aromatic N) is 3. The van der Waals surface area contributed by atoms with E-state index >= 15 is 0 Å². The quantitative estimate of drug-likeness (QED) is 0.314. The minimum absolute atomic E-state index is 0.00909. The van der Waals surface area contributed by atoms with Crippen molar-refractivity contribution in [1.82, 2.24) is 4.90 Å². The van der Waals surface area contributed by atoms with Crippen molar-refractivity contribution in [3.63, 3.8) is 0 Å². The first-order chi connectivity index (χ1) is 17.1. The molecule has 2 aliphatic rings. The molecular weight excluding hydrogens is 528 g/mol. The predicted molar refractivity (Wildman–Crippen MR) is 140 cm³/mol. The van der Waals surface area contributed by atoms with E-state index in [4.69, 9.17) is 31.2 Å². The van der Waals surface area contributed by atoms with Crippen LogP contribution >= 0.6 is 23.5 Å². The van der Waals surface area contributed by atoms with Crippen molar-refractivity contribution < 1.29 is 27.4 Å². The molecule has 36 heavy (non-hydrogen) atoms. The van der Waals surface area contributed by atoms with Crippen LogP contribution in [0.15, 0.2) is 51.4 Å². The summed E-state index contributed by atoms with van der Waals surface area (Å²) in [6.45, 7) is 2.45. The van der Waals surface area contributed by atoms with Crippen LogP contribution in [-0.4, -0.2) is 62.0 Å². The summed E-state index contributed by atoms with van der Waals surface area (Å²) in [5, 5.41) is 8.31. The standard InChI is InChI=1S/C23H21ClN4O6S2/c1-13-5-4-6-15(9-13)33-7-8-34-19-17(24)11-14(12-18(19)32-2)10-16-20(25)28-22(26-21(16)29)35-27-23(28)36(3,30)31/h4-6,9-12,25H,7-8H2,1-3H3. The molecule has 0 saturated heterocycles. The highest BCUT2D eigenvalue weighted by Gasteiger charge is 2.41. The highest BCUT2D eigenvalue weighted by atomic mass is 35.5. The zero-order valence-electron chi connectivity index (χ0n) is 19.4. The summed E-state index contributed by atoms with van der Waals surface area (Å²) in [5.74, 6) is 0.265. The largest absolute Gasteiger partial charge is 0.493 e. The third kappa shape index (κ3) is 5.40. The average molecular weight is 549 g/mol. The SMILES string of the molecule is COc1cc(C=C2C(=N)N3C(=NC2=O)SN=C3S(C)(=O)=O)cc(Cl)c1OCCOc1cccc(C)c1. The van der Waals surface area contributed by atoms with Crippen LogP contribution in [0.1, 0.15) is 11.1 Å². The molecule has 0 radical (unpaired) electrons. The van der Waals surface area contributed by atoms with Crippen LogP contribution in [0.2, 0.25) is 5.02 Å². The van der Waals surface area contributed by atoms with Crippen molar-refractivity contribution in [2.24, 2.45) is 9.39 Å². The molecule has 0 saturated carbocycles. The van der Waals surface area contributed by atoms with Gasteiger partial charge in [-0.25, -0.2) is 13.3 Å². The molecule has 2 heterocycles. The van der Waals surface area contributed by atoms with E-state index in [1.54, 1.807) is 6.07 Å². The van der Waals surface area contributed by atoms with E-state index in [0.29, 0.717) is 17.1 Å². The van der Waals surface area contributed by atoms with Crippen molar-refractivity contribution in [3.8, 4) is 17.2 Å². The Kier molecular flexibility index (Phi) is 7.38. The number of rotatable bonds is 7. The van der Waals surface area contributed by atoms with Gasteiger partial charge in [0.15, 0.2) is 11.5 Å². The van der Waals surface area contributed by atoms with Crippen molar-refractivity contribution in [1.29, 1.82) is 5.41 Å². The van der Waals surface area contributed by atoms with Gasteiger partial charge in [-0.3, -0.25) is 10.2 Å². The van der Waals surface area contributed by atoms with Gasteiger partial charge in [0.25, 0.3) is 5.91 Å². The van der Waals surface area contributed by atoms with Gasteiger partial charge < -0.3 is 14.2 Å². The van der Waals surface area contributed by atoms with Gasteiger partial charge in [-0.1, -0.05) is 23.7 Å². The van der Waals surface area contributed by atoms with Gasteiger partial charge in [0.05, 0.1) is 29.7 Å². The Morgan fingerprint density at radius 3 is 2.64 bits per heavy atom. The first-order valence-electron chi connectivity index (χ1n) is 10.5. The van der Waals surface area contributed by atoms with Crippen LogP contribution in [0.25, 0.3) is 6.08 Å². The van der Waals surface area contributed by atoms with Crippen molar-refractivity contribution in [2.45, 2.75) is 6.92 Å². The van der Waals surface area contributed by atoms with Crippen LogP contribution in [0, 0.1) is 12.3 Å². The fraction of sp³-hybridized carbons (Fsp3) is 0.217. The van der Waals surface area contributed by atoms with Gasteiger partial charge in [-0.15, -0.1) is 0 Å². The number of methoxy groups -OCH3 is 1. The second-order valence-corrected chi connectivity index (χ2v) is 10.8. The van der Waals surface area contributed by atoms with Crippen molar-refractivity contribution >= 4 is 61.5 Å². The van der Waals surface area contributed by atoms with Crippen LogP contribution in [-0.2, 0) is 14.6 Å². The van der Waals surface area contributed by atoms with Gasteiger partial charge in [0.1, 0.15) is 24.8 Å². The molecule has 13 heteroatoms. The molecule has 4 rings (SSSR count). The summed E-state index contributed by atoms with van der Waals surface area (Å²) in [6.07, 6.45) is 2.35. The summed E-state index contributed by atoms with van der Waals surface area (Å²) in [7, 11) is -2.30. The van der Waals surface area contributed by atoms with E-state index in [1.165, 1.54) is 19.3 Å². The number of carbonyl (C=O) groups is 1. The third-order valence-corrected chi connectivity index (χ3v) is 7.01. The first-order valence-corrected chi connectivity index (χ1v) is 13.5. The zero-order valence-corrected chi connectivity index (χ0v) is 21.8. The summed E-state index contributed by atoms with van der Waals surface area (Å²) < 4.78 is 44.8. The Balaban J connectivity index is 1.53. The van der Waals surface area contributed by atoms with E-state index in [1.807, 2.05) is 31.2 Å². The van der Waals surface area contributed by atoms with Crippen LogP contribution in [0.4, 0.5) is 0 Å². The van der Waals surface area contributed by atoms with Crippen molar-refractivity contribution in [3.05, 3.63) is 58.1 Å². The molecule has 0 aromatic heterocycles. The van der Waals surface area contributed by atoms with E-state index in [-0.39, 0.29) is 40.0 Å². The first kappa shape index (κ1) is 25.7. The van der Waals surface area contributed by atoms with Crippen LogP contribution < -0.4 is 14.2 Å². The van der Waals surface area contributed by atoms with E-state index < -0.39 is 15.7 Å². The van der Waals surface area contributed by atoms with E-state index in [2.05, 4.69) is 9.39 Å². The number of aliphatic imine (C=N–C) groups is 1. The number of hydrogen-bond donors (Lipinski definition) is 1. The molecule has 2 aliphatic heterocycles. The highest BCUT2D eigenvalue weighted by Crippen LogP contribution is 2.38. The maximum absolute atomic E-state index is 12.6. The monoisotopic (exact) mass is 548 g/mol. The van der Waals surface area contributed by atoms with Crippen LogP contribution in [0.3, 0.4) is 0 Å². The number of hydrogen-bond acceptors (Lipinski definition) is 9. The lowest BCUT2D eigenvalue weighted by Crippen LogP contribution is -2.45. The number of aryl methyl sites for hydroxylation is 1. The lowest BCUT2D eigenvalue weighted by Gasteiger charge is -2.24. The van der Waals surface area contributed by atoms with Gasteiger partial charge in [0.2, 0.25) is 20.2 Å². The highest BCUT2D eigenvalue weighted by molar-refractivity contribution is 8.16. The maximum Gasteiger partial charge on any atom is 0.283 e. The summed E-state index contributed by atoms with van der Waals surface area (Å²) in [5.41, 5.74) is 1.38. The molecule has 0 spiro atoms. The lowest BCUT2D eigenvalue weighted by atomic mass is 10.1. The van der Waals surface area contributed by atoms with Gasteiger partial charge in [-0.2, -0.15) is 9.39 Å². The molecule has 1 N–H and O–H groups in total. The summed E-state index contributed by atoms with van der Waals surface area (Å²) in [6, 6.07) is 10.8. The average Bonchev–Trinajstić information content (AvgIpc) is 3.25. The minimum atomic E-state index is -3.75. The van der Waals surface area contributed by atoms with Gasteiger partial charge >= 0.3 is 0 Å². The molecule has 1 amide bonds. The molecular formula is C23H21ClN4O6S2. The fourth-order valence-electron chi connectivity index (χ4n) is 3.38. The normalized spacial score (nSPS) is 16.6. The van der Waals surface area contributed by atoms with Gasteiger partial charge in [-0.05, 0) is 48.4 Å². The Morgan fingerprint density at radius 2 is 1.94 bits per heavy atom.